The van der Waals surface area contributed by atoms with Crippen molar-refractivity contribution < 1.29 is 29.3 Å². The fraction of sp³-hybridized carbons (Fsp3) is 0.586. The highest BCUT2D eigenvalue weighted by molar-refractivity contribution is 5.82. The van der Waals surface area contributed by atoms with Crippen molar-refractivity contribution in [1.82, 2.24) is 0 Å². The van der Waals surface area contributed by atoms with Gasteiger partial charge in [-0.3, -0.25) is 4.79 Å². The number of carbonyl (C=O) groups excluding carboxylic acids is 2. The van der Waals surface area contributed by atoms with Crippen LogP contribution in [0.5, 0.6) is 0 Å². The Morgan fingerprint density at radius 2 is 1.91 bits per heavy atom. The number of hydrogen-bond donors (Lipinski definition) is 2. The molecule has 2 aliphatic rings. The van der Waals surface area contributed by atoms with E-state index >= 15 is 0 Å². The van der Waals surface area contributed by atoms with Crippen molar-refractivity contribution in [2.45, 2.75) is 65.4 Å². The monoisotopic (exact) mass is 484 g/mol. The third-order valence-electron chi connectivity index (χ3n) is 8.62. The average molecular weight is 485 g/mol. The van der Waals surface area contributed by atoms with E-state index in [0.717, 1.165) is 36.0 Å². The summed E-state index contributed by atoms with van der Waals surface area (Å²) in [4.78, 5) is 24.3. The van der Waals surface area contributed by atoms with Gasteiger partial charge in [-0.25, -0.2) is 4.79 Å². The Hall–Kier alpha value is -2.44. The minimum atomic E-state index is -0.635. The van der Waals surface area contributed by atoms with Crippen molar-refractivity contribution in [2.75, 3.05) is 20.3 Å². The summed E-state index contributed by atoms with van der Waals surface area (Å²) in [7, 11) is 1.37. The molecule has 35 heavy (non-hydrogen) atoms. The summed E-state index contributed by atoms with van der Waals surface area (Å²) in [5.41, 5.74) is 1.94. The largest absolute Gasteiger partial charge is 0.466 e. The lowest BCUT2D eigenvalue weighted by Gasteiger charge is -2.60. The van der Waals surface area contributed by atoms with Crippen molar-refractivity contribution in [2.24, 2.45) is 22.7 Å². The van der Waals surface area contributed by atoms with Crippen LogP contribution in [0.15, 0.2) is 53.6 Å². The van der Waals surface area contributed by atoms with Crippen LogP contribution in [0.25, 0.3) is 0 Å². The van der Waals surface area contributed by atoms with E-state index in [1.54, 1.807) is 0 Å². The minimum absolute atomic E-state index is 0.0423. The third-order valence-corrected chi connectivity index (χ3v) is 8.62. The Bertz CT molecular complexity index is 951. The van der Waals surface area contributed by atoms with Crippen LogP contribution in [0.4, 0.5) is 0 Å². The van der Waals surface area contributed by atoms with Crippen LogP contribution in [0.2, 0.25) is 0 Å². The van der Waals surface area contributed by atoms with Gasteiger partial charge in [0.2, 0.25) is 0 Å². The van der Waals surface area contributed by atoms with E-state index in [0.29, 0.717) is 12.8 Å². The van der Waals surface area contributed by atoms with Crippen LogP contribution in [-0.4, -0.2) is 48.6 Å². The van der Waals surface area contributed by atoms with Gasteiger partial charge in [-0.2, -0.15) is 0 Å². The maximum absolute atomic E-state index is 12.6. The quantitative estimate of drug-likeness (QED) is 0.307. The number of esters is 2. The third kappa shape index (κ3) is 5.87. The number of aliphatic hydroxyl groups excluding tert-OH is 2. The number of carbonyl (C=O) groups is 2. The fourth-order valence-corrected chi connectivity index (χ4v) is 6.37. The van der Waals surface area contributed by atoms with Gasteiger partial charge in [0.25, 0.3) is 0 Å². The number of hydrogen-bond acceptors (Lipinski definition) is 6. The Labute approximate surface area is 209 Å². The van der Waals surface area contributed by atoms with E-state index in [4.69, 9.17) is 9.47 Å². The molecule has 1 saturated carbocycles. The molecule has 0 spiro atoms. The lowest BCUT2D eigenvalue weighted by atomic mass is 9.45. The molecule has 1 aromatic rings. The molecule has 6 heteroatoms. The molecule has 0 aromatic heterocycles. The van der Waals surface area contributed by atoms with Crippen LogP contribution in [0.3, 0.4) is 0 Å². The highest BCUT2D eigenvalue weighted by Gasteiger charge is 2.59. The van der Waals surface area contributed by atoms with E-state index in [9.17, 15) is 19.8 Å². The smallest absolute Gasteiger partial charge is 0.330 e. The van der Waals surface area contributed by atoms with Gasteiger partial charge in [0.1, 0.15) is 0 Å². The number of ether oxygens (including phenoxy) is 2. The SMILES string of the molecule is COC(=O)C=C(C)CCC1(C)C(COC(=O)Cc2ccccc2)CC(O)C2(C)C(CO)=CCCC12. The Morgan fingerprint density at radius 1 is 1.20 bits per heavy atom. The molecule has 0 amide bonds. The molecule has 0 saturated heterocycles. The van der Waals surface area contributed by atoms with Crippen LogP contribution >= 0.6 is 0 Å². The van der Waals surface area contributed by atoms with Crippen molar-refractivity contribution in [3.63, 3.8) is 0 Å². The van der Waals surface area contributed by atoms with Gasteiger partial charge in [0.05, 0.1) is 32.8 Å². The van der Waals surface area contributed by atoms with Crippen molar-refractivity contribution in [1.29, 1.82) is 0 Å². The van der Waals surface area contributed by atoms with Crippen molar-refractivity contribution in [3.05, 3.63) is 59.2 Å². The summed E-state index contributed by atoms with van der Waals surface area (Å²) in [5, 5.41) is 21.4. The Balaban J connectivity index is 1.83. The molecule has 6 nitrogen and oxygen atoms in total. The molecular formula is C29H40O6. The standard InChI is InChI=1S/C29H40O6/c1-20(15-26(32)34-4)13-14-28(2)23(19-35-27(33)16-21-9-6-5-7-10-21)17-25(31)29(3)22(18-30)11-8-12-24(28)29/h5-7,9-11,15,23-25,30-31H,8,12-14,16-19H2,1-4H3. The van der Waals surface area contributed by atoms with Gasteiger partial charge in [-0.15, -0.1) is 0 Å². The molecule has 2 N–H and O–H groups in total. The number of rotatable bonds is 9. The Kier molecular flexibility index (Phi) is 8.94. The van der Waals surface area contributed by atoms with Crippen molar-refractivity contribution >= 4 is 11.9 Å². The molecule has 1 aromatic carbocycles. The zero-order valence-electron chi connectivity index (χ0n) is 21.5. The zero-order chi connectivity index (χ0) is 25.6. The second-order valence-corrected chi connectivity index (χ2v) is 10.6. The summed E-state index contributed by atoms with van der Waals surface area (Å²) in [6.07, 6.45) is 6.87. The topological polar surface area (TPSA) is 93.1 Å². The highest BCUT2D eigenvalue weighted by Crippen LogP contribution is 2.62. The van der Waals surface area contributed by atoms with Gasteiger partial charge < -0.3 is 19.7 Å². The van der Waals surface area contributed by atoms with Crippen LogP contribution < -0.4 is 0 Å². The first-order valence-electron chi connectivity index (χ1n) is 12.6. The van der Waals surface area contributed by atoms with E-state index in [1.807, 2.05) is 37.3 Å². The lowest BCUT2D eigenvalue weighted by molar-refractivity contribution is -0.162. The fourth-order valence-electron chi connectivity index (χ4n) is 6.37. The number of aliphatic hydroxyl groups is 2. The summed E-state index contributed by atoms with van der Waals surface area (Å²) in [5.74, 6) is -0.581. The normalized spacial score (nSPS) is 30.7. The molecule has 5 unspecified atom stereocenters. The summed E-state index contributed by atoms with van der Waals surface area (Å²) in [6.45, 7) is 6.38. The second-order valence-electron chi connectivity index (χ2n) is 10.6. The Morgan fingerprint density at radius 3 is 2.57 bits per heavy atom. The van der Waals surface area contributed by atoms with Crippen LogP contribution in [0, 0.1) is 22.7 Å². The van der Waals surface area contributed by atoms with Crippen LogP contribution in [0.1, 0.15) is 58.4 Å². The molecular weight excluding hydrogens is 444 g/mol. The second kappa shape index (κ2) is 11.5. The lowest BCUT2D eigenvalue weighted by Crippen LogP contribution is -2.58. The minimum Gasteiger partial charge on any atom is -0.466 e. The first kappa shape index (κ1) is 27.2. The van der Waals surface area contributed by atoms with Crippen molar-refractivity contribution in [3.8, 4) is 0 Å². The summed E-state index contributed by atoms with van der Waals surface area (Å²) >= 11 is 0. The van der Waals surface area contributed by atoms with Crippen LogP contribution in [-0.2, 0) is 25.5 Å². The van der Waals surface area contributed by atoms with E-state index in [2.05, 4.69) is 19.9 Å². The maximum Gasteiger partial charge on any atom is 0.330 e. The molecule has 1 fully saturated rings. The molecule has 5 atom stereocenters. The van der Waals surface area contributed by atoms with E-state index in [-0.39, 0.29) is 48.8 Å². The zero-order valence-corrected chi connectivity index (χ0v) is 21.5. The first-order chi connectivity index (χ1) is 16.6. The van der Waals surface area contributed by atoms with Gasteiger partial charge in [-0.1, -0.05) is 55.8 Å². The first-order valence-corrected chi connectivity index (χ1v) is 12.6. The highest BCUT2D eigenvalue weighted by atomic mass is 16.5. The molecule has 2 aliphatic carbocycles. The van der Waals surface area contributed by atoms with Gasteiger partial charge in [-0.05, 0) is 61.5 Å². The molecule has 0 radical (unpaired) electrons. The van der Waals surface area contributed by atoms with Gasteiger partial charge >= 0.3 is 11.9 Å². The summed E-state index contributed by atoms with van der Waals surface area (Å²) in [6, 6.07) is 9.52. The maximum atomic E-state index is 12.6. The average Bonchev–Trinajstić information content (AvgIpc) is 2.84. The van der Waals surface area contributed by atoms with E-state index < -0.39 is 11.5 Å². The summed E-state index contributed by atoms with van der Waals surface area (Å²) < 4.78 is 10.6. The van der Waals surface area contributed by atoms with Gasteiger partial charge in [0.15, 0.2) is 0 Å². The molecule has 0 aliphatic heterocycles. The predicted molar refractivity (Wildman–Crippen MR) is 134 cm³/mol. The number of fused-ring (bicyclic) bond motifs is 1. The van der Waals surface area contributed by atoms with Gasteiger partial charge in [0, 0.05) is 17.4 Å². The molecule has 0 bridgehead atoms. The number of methoxy groups -OCH3 is 1. The molecule has 0 heterocycles. The number of allylic oxidation sites excluding steroid dienone is 2. The predicted octanol–water partition coefficient (Wildman–Crippen LogP) is 4.39. The molecule has 3 rings (SSSR count). The molecule has 192 valence electrons. The number of benzene rings is 1. The van der Waals surface area contributed by atoms with E-state index in [1.165, 1.54) is 13.2 Å².